The zero-order valence-electron chi connectivity index (χ0n) is 19.3. The monoisotopic (exact) mass is 495 g/mol. The van der Waals surface area contributed by atoms with Gasteiger partial charge in [0.25, 0.3) is 5.91 Å². The number of nitrogens with zero attached hydrogens (tertiary/aromatic N) is 4. The molecule has 1 N–H and O–H groups in total. The van der Waals surface area contributed by atoms with Gasteiger partial charge in [0, 0.05) is 36.3 Å². The Balaban J connectivity index is 1.42. The lowest BCUT2D eigenvalue weighted by molar-refractivity contribution is 0.102. The second kappa shape index (κ2) is 9.49. The zero-order valence-corrected chi connectivity index (χ0v) is 20.9. The summed E-state index contributed by atoms with van der Waals surface area (Å²) in [6.45, 7) is 4.63. The van der Waals surface area contributed by atoms with Crippen molar-refractivity contribution < 1.29 is 13.2 Å². The number of hydrogen-bond acceptors (Lipinski definition) is 6. The number of anilines is 1. The number of rotatable bonds is 7. The minimum atomic E-state index is -3.49. The quantitative estimate of drug-likeness (QED) is 0.415. The van der Waals surface area contributed by atoms with Crippen molar-refractivity contribution in [2.75, 3.05) is 19.4 Å². The topological polar surface area (TPSA) is 97.2 Å². The fourth-order valence-corrected chi connectivity index (χ4v) is 5.03. The van der Waals surface area contributed by atoms with Crippen LogP contribution in [0.3, 0.4) is 0 Å². The number of amides is 1. The van der Waals surface area contributed by atoms with Crippen LogP contribution in [0.1, 0.15) is 27.3 Å². The van der Waals surface area contributed by atoms with E-state index in [0.717, 1.165) is 22.5 Å². The first-order valence-electron chi connectivity index (χ1n) is 10.5. The molecule has 0 spiro atoms. The van der Waals surface area contributed by atoms with Crippen molar-refractivity contribution in [3.63, 3.8) is 0 Å². The van der Waals surface area contributed by atoms with Gasteiger partial charge in [-0.15, -0.1) is 11.3 Å². The third kappa shape index (κ3) is 5.09. The Hall–Kier alpha value is -3.34. The summed E-state index contributed by atoms with van der Waals surface area (Å²) in [5.41, 5.74) is 5.09. The minimum Gasteiger partial charge on any atom is -0.298 e. The highest BCUT2D eigenvalue weighted by atomic mass is 32.2. The number of carbonyl (C=O) groups is 1. The van der Waals surface area contributed by atoms with E-state index >= 15 is 0 Å². The zero-order chi connectivity index (χ0) is 24.5. The summed E-state index contributed by atoms with van der Waals surface area (Å²) in [7, 11) is -0.499. The van der Waals surface area contributed by atoms with Gasteiger partial charge in [0.1, 0.15) is 0 Å². The fourth-order valence-electron chi connectivity index (χ4n) is 3.41. The van der Waals surface area contributed by atoms with Crippen molar-refractivity contribution in [1.82, 2.24) is 19.1 Å². The van der Waals surface area contributed by atoms with Crippen LogP contribution in [0, 0.1) is 13.8 Å². The molecule has 0 unspecified atom stereocenters. The first-order valence-corrected chi connectivity index (χ1v) is 12.9. The summed E-state index contributed by atoms with van der Waals surface area (Å²) in [4.78, 5) is 17.4. The van der Waals surface area contributed by atoms with Gasteiger partial charge in [0.15, 0.2) is 5.13 Å². The third-order valence-corrected chi connectivity index (χ3v) is 7.89. The Morgan fingerprint density at radius 2 is 1.74 bits per heavy atom. The van der Waals surface area contributed by atoms with E-state index in [1.807, 2.05) is 42.1 Å². The standard InChI is InChI=1S/C24H25N5O3S2/c1-16-13-17(2)29(27-16)14-18-5-7-20(8-6-18)23(30)26-24-25-22(15-33-24)19-9-11-21(12-10-19)34(31,32)28(3)4/h5-13,15H,14H2,1-4H3,(H,25,26,30). The molecule has 0 saturated heterocycles. The van der Waals surface area contributed by atoms with Gasteiger partial charge in [-0.05, 0) is 49.7 Å². The van der Waals surface area contributed by atoms with Gasteiger partial charge >= 0.3 is 0 Å². The smallest absolute Gasteiger partial charge is 0.257 e. The molecule has 2 aromatic carbocycles. The number of aryl methyl sites for hydroxylation is 2. The molecule has 0 aliphatic heterocycles. The van der Waals surface area contributed by atoms with Crippen molar-refractivity contribution in [3.8, 4) is 11.3 Å². The Kier molecular flexibility index (Phi) is 6.65. The van der Waals surface area contributed by atoms with Crippen molar-refractivity contribution in [1.29, 1.82) is 0 Å². The normalized spacial score (nSPS) is 11.7. The largest absolute Gasteiger partial charge is 0.298 e. The highest BCUT2D eigenvalue weighted by Gasteiger charge is 2.17. The fraction of sp³-hybridized carbons (Fsp3) is 0.208. The predicted octanol–water partition coefficient (Wildman–Crippen LogP) is 4.17. The van der Waals surface area contributed by atoms with E-state index in [2.05, 4.69) is 15.4 Å². The molecule has 0 aliphatic carbocycles. The number of thiazole rings is 1. The summed E-state index contributed by atoms with van der Waals surface area (Å²) in [5, 5.41) is 9.59. The molecule has 0 aliphatic rings. The Morgan fingerprint density at radius 3 is 2.32 bits per heavy atom. The Bertz CT molecular complexity index is 1420. The van der Waals surface area contributed by atoms with Crippen LogP contribution in [0.4, 0.5) is 5.13 Å². The van der Waals surface area contributed by atoms with Crippen LogP contribution in [0.2, 0.25) is 0 Å². The lowest BCUT2D eigenvalue weighted by Gasteiger charge is -2.11. The van der Waals surface area contributed by atoms with Crippen molar-refractivity contribution >= 4 is 32.4 Å². The summed E-state index contributed by atoms with van der Waals surface area (Å²) in [6.07, 6.45) is 0. The first-order chi connectivity index (χ1) is 16.1. The molecular weight excluding hydrogens is 470 g/mol. The van der Waals surface area contributed by atoms with Gasteiger partial charge in [-0.25, -0.2) is 17.7 Å². The minimum absolute atomic E-state index is 0.214. The van der Waals surface area contributed by atoms with E-state index in [4.69, 9.17) is 0 Å². The number of benzene rings is 2. The first kappa shape index (κ1) is 23.8. The molecule has 4 aromatic rings. The van der Waals surface area contributed by atoms with Crippen molar-refractivity contribution in [3.05, 3.63) is 82.5 Å². The van der Waals surface area contributed by atoms with E-state index in [-0.39, 0.29) is 10.8 Å². The van der Waals surface area contributed by atoms with Crippen LogP contribution in [0.5, 0.6) is 0 Å². The maximum Gasteiger partial charge on any atom is 0.257 e. The molecule has 34 heavy (non-hydrogen) atoms. The van der Waals surface area contributed by atoms with Crippen LogP contribution >= 0.6 is 11.3 Å². The number of hydrogen-bond donors (Lipinski definition) is 1. The molecule has 0 atom stereocenters. The molecule has 0 fully saturated rings. The highest BCUT2D eigenvalue weighted by molar-refractivity contribution is 7.89. The second-order valence-electron chi connectivity index (χ2n) is 8.09. The maximum absolute atomic E-state index is 12.7. The average Bonchev–Trinajstić information content (AvgIpc) is 3.39. The molecule has 4 rings (SSSR count). The van der Waals surface area contributed by atoms with Gasteiger partial charge in [-0.2, -0.15) is 5.10 Å². The molecule has 176 valence electrons. The number of nitrogens with one attached hydrogen (secondary N) is 1. The van der Waals surface area contributed by atoms with E-state index < -0.39 is 10.0 Å². The van der Waals surface area contributed by atoms with Gasteiger partial charge in [0.2, 0.25) is 10.0 Å². The van der Waals surface area contributed by atoms with E-state index in [0.29, 0.717) is 22.9 Å². The molecule has 0 bridgehead atoms. The number of sulfonamides is 1. The maximum atomic E-state index is 12.7. The third-order valence-electron chi connectivity index (χ3n) is 5.31. The summed E-state index contributed by atoms with van der Waals surface area (Å²) in [6, 6.07) is 16.0. The lowest BCUT2D eigenvalue weighted by Crippen LogP contribution is -2.22. The Morgan fingerprint density at radius 1 is 1.06 bits per heavy atom. The van der Waals surface area contributed by atoms with Crippen molar-refractivity contribution in [2.24, 2.45) is 0 Å². The Labute approximate surface area is 202 Å². The molecule has 0 radical (unpaired) electrons. The molecule has 10 heteroatoms. The van der Waals surface area contributed by atoms with Crippen LogP contribution in [-0.4, -0.2) is 47.5 Å². The molecule has 8 nitrogen and oxygen atoms in total. The summed E-state index contributed by atoms with van der Waals surface area (Å²) < 4.78 is 27.6. The molecule has 0 saturated carbocycles. The van der Waals surface area contributed by atoms with Gasteiger partial charge in [0.05, 0.1) is 22.8 Å². The van der Waals surface area contributed by atoms with Gasteiger partial charge in [-0.3, -0.25) is 14.8 Å². The SMILES string of the molecule is Cc1cc(C)n(Cc2ccc(C(=O)Nc3nc(-c4ccc(S(=O)(=O)N(C)C)cc4)cs3)cc2)n1. The summed E-state index contributed by atoms with van der Waals surface area (Å²) >= 11 is 1.31. The summed E-state index contributed by atoms with van der Waals surface area (Å²) in [5.74, 6) is -0.244. The lowest BCUT2D eigenvalue weighted by atomic mass is 10.1. The predicted molar refractivity (Wildman–Crippen MR) is 134 cm³/mol. The highest BCUT2D eigenvalue weighted by Crippen LogP contribution is 2.26. The van der Waals surface area contributed by atoms with E-state index in [1.165, 1.54) is 29.7 Å². The molecule has 2 heterocycles. The number of aromatic nitrogens is 3. The molecule has 1 amide bonds. The van der Waals surface area contributed by atoms with Crippen LogP contribution in [0.25, 0.3) is 11.3 Å². The van der Waals surface area contributed by atoms with Crippen LogP contribution in [-0.2, 0) is 16.6 Å². The van der Waals surface area contributed by atoms with Gasteiger partial charge in [-0.1, -0.05) is 24.3 Å². The average molecular weight is 496 g/mol. The molecular formula is C24H25N5O3S2. The van der Waals surface area contributed by atoms with E-state index in [9.17, 15) is 13.2 Å². The molecule has 2 aromatic heterocycles. The van der Waals surface area contributed by atoms with Crippen molar-refractivity contribution in [2.45, 2.75) is 25.3 Å². The van der Waals surface area contributed by atoms with Crippen LogP contribution in [0.15, 0.2) is 64.9 Å². The van der Waals surface area contributed by atoms with Crippen LogP contribution < -0.4 is 5.32 Å². The van der Waals surface area contributed by atoms with Gasteiger partial charge < -0.3 is 0 Å². The second-order valence-corrected chi connectivity index (χ2v) is 11.1. The van der Waals surface area contributed by atoms with E-state index in [1.54, 1.807) is 36.4 Å². The number of carbonyl (C=O) groups excluding carboxylic acids is 1.